The number of nitrogens with one attached hydrogen (secondary N) is 1. The molecular formula is C13H21NO3. The van der Waals surface area contributed by atoms with Gasteiger partial charge in [-0.15, -0.1) is 0 Å². The summed E-state index contributed by atoms with van der Waals surface area (Å²) >= 11 is 0. The number of aliphatic carboxylic acids is 1. The largest absolute Gasteiger partial charge is 0.480 e. The summed E-state index contributed by atoms with van der Waals surface area (Å²) in [4.78, 5) is 23.0. The molecule has 0 bridgehead atoms. The lowest BCUT2D eigenvalue weighted by Crippen LogP contribution is -2.45. The maximum Gasteiger partial charge on any atom is 0.319 e. The van der Waals surface area contributed by atoms with E-state index in [1.807, 2.05) is 0 Å². The van der Waals surface area contributed by atoms with Crippen molar-refractivity contribution < 1.29 is 14.7 Å². The summed E-state index contributed by atoms with van der Waals surface area (Å²) in [5.41, 5.74) is -1.09. The lowest BCUT2D eigenvalue weighted by Gasteiger charge is -2.33. The van der Waals surface area contributed by atoms with E-state index in [1.165, 1.54) is 0 Å². The van der Waals surface area contributed by atoms with E-state index < -0.39 is 11.4 Å². The summed E-state index contributed by atoms with van der Waals surface area (Å²) in [7, 11) is 0. The second-order valence-corrected chi connectivity index (χ2v) is 5.83. The van der Waals surface area contributed by atoms with Crippen LogP contribution in [0.2, 0.25) is 0 Å². The smallest absolute Gasteiger partial charge is 0.319 e. The molecule has 3 atom stereocenters. The number of carbonyl (C=O) groups is 2. The van der Waals surface area contributed by atoms with Gasteiger partial charge in [-0.05, 0) is 43.9 Å². The Hall–Kier alpha value is -1.06. The Kier molecular flexibility index (Phi) is 3.15. The Balaban J connectivity index is 1.90. The normalized spacial score (nSPS) is 35.1. The maximum atomic E-state index is 11.9. The monoisotopic (exact) mass is 239 g/mol. The van der Waals surface area contributed by atoms with E-state index in [2.05, 4.69) is 19.2 Å². The van der Waals surface area contributed by atoms with Gasteiger partial charge in [-0.25, -0.2) is 0 Å². The first-order valence-electron chi connectivity index (χ1n) is 6.50. The van der Waals surface area contributed by atoms with Crippen molar-refractivity contribution in [1.82, 2.24) is 5.32 Å². The molecule has 96 valence electrons. The maximum absolute atomic E-state index is 11.9. The van der Waals surface area contributed by atoms with Crippen molar-refractivity contribution in [1.29, 1.82) is 0 Å². The molecule has 0 aromatic rings. The van der Waals surface area contributed by atoms with Crippen molar-refractivity contribution in [3.8, 4) is 0 Å². The van der Waals surface area contributed by atoms with Gasteiger partial charge in [-0.3, -0.25) is 9.59 Å². The minimum atomic E-state index is -1.09. The van der Waals surface area contributed by atoms with E-state index in [0.29, 0.717) is 24.7 Å². The van der Waals surface area contributed by atoms with E-state index in [0.717, 1.165) is 19.3 Å². The zero-order valence-corrected chi connectivity index (χ0v) is 10.5. The fourth-order valence-electron chi connectivity index (χ4n) is 2.67. The van der Waals surface area contributed by atoms with Crippen molar-refractivity contribution in [3.63, 3.8) is 0 Å². The summed E-state index contributed by atoms with van der Waals surface area (Å²) < 4.78 is 0. The van der Waals surface area contributed by atoms with Crippen LogP contribution in [0, 0.1) is 17.3 Å². The summed E-state index contributed by atoms with van der Waals surface area (Å²) in [5.74, 6) is 0.0792. The van der Waals surface area contributed by atoms with Gasteiger partial charge in [-0.2, -0.15) is 0 Å². The van der Waals surface area contributed by atoms with Crippen molar-refractivity contribution in [3.05, 3.63) is 0 Å². The Labute approximate surface area is 102 Å². The molecule has 2 rings (SSSR count). The van der Waals surface area contributed by atoms with Crippen LogP contribution in [-0.4, -0.2) is 23.0 Å². The van der Waals surface area contributed by atoms with Crippen molar-refractivity contribution in [2.75, 3.05) is 0 Å². The molecule has 2 saturated carbocycles. The van der Waals surface area contributed by atoms with Crippen LogP contribution in [0.5, 0.6) is 0 Å². The van der Waals surface area contributed by atoms with Crippen LogP contribution in [0.3, 0.4) is 0 Å². The molecule has 4 nitrogen and oxygen atoms in total. The van der Waals surface area contributed by atoms with Crippen LogP contribution in [0.15, 0.2) is 0 Å². The Bertz CT molecular complexity index is 336. The van der Waals surface area contributed by atoms with Gasteiger partial charge >= 0.3 is 5.97 Å². The van der Waals surface area contributed by atoms with E-state index >= 15 is 0 Å². The van der Waals surface area contributed by atoms with Gasteiger partial charge in [0.25, 0.3) is 0 Å². The van der Waals surface area contributed by atoms with Gasteiger partial charge in [-0.1, -0.05) is 13.8 Å². The summed E-state index contributed by atoms with van der Waals surface area (Å²) in [6.45, 7) is 4.44. The average Bonchev–Trinajstić information content (AvgIpc) is 3.04. The lowest BCUT2D eigenvalue weighted by molar-refractivity contribution is -0.149. The highest BCUT2D eigenvalue weighted by molar-refractivity contribution is 6.04. The van der Waals surface area contributed by atoms with E-state index in [1.54, 1.807) is 0 Å². The number of carboxylic acids is 1. The third-order valence-electron chi connectivity index (χ3n) is 4.53. The predicted octanol–water partition coefficient (Wildman–Crippen LogP) is 1.79. The van der Waals surface area contributed by atoms with Gasteiger partial charge in [0.15, 0.2) is 0 Å². The number of carboxylic acid groups (broad SMARTS) is 1. The fraction of sp³-hybridized carbons (Fsp3) is 0.846. The van der Waals surface area contributed by atoms with Crippen LogP contribution in [-0.2, 0) is 9.59 Å². The van der Waals surface area contributed by atoms with Crippen molar-refractivity contribution in [2.24, 2.45) is 17.3 Å². The van der Waals surface area contributed by atoms with Gasteiger partial charge < -0.3 is 10.4 Å². The second-order valence-electron chi connectivity index (χ2n) is 5.83. The minimum Gasteiger partial charge on any atom is -0.480 e. The molecule has 2 fully saturated rings. The van der Waals surface area contributed by atoms with E-state index in [4.69, 9.17) is 5.11 Å². The third-order valence-corrected chi connectivity index (χ3v) is 4.53. The second kappa shape index (κ2) is 4.31. The first-order chi connectivity index (χ1) is 7.95. The van der Waals surface area contributed by atoms with Gasteiger partial charge in [0.05, 0.1) is 0 Å². The topological polar surface area (TPSA) is 66.4 Å². The molecule has 2 aliphatic carbocycles. The molecule has 0 aliphatic heterocycles. The van der Waals surface area contributed by atoms with Crippen LogP contribution < -0.4 is 5.32 Å². The highest BCUT2D eigenvalue weighted by Gasteiger charge is 2.57. The standard InChI is InChI=1S/C13H21NO3/c1-8-3-4-10(7-9(8)2)14-11(15)13(5-6-13)12(16)17/h8-10H,3-7H2,1-2H3,(H,14,15)(H,16,17). The zero-order chi connectivity index (χ0) is 12.6. The molecule has 2 aliphatic rings. The van der Waals surface area contributed by atoms with Crippen molar-refractivity contribution in [2.45, 2.75) is 52.0 Å². The summed E-state index contributed by atoms with van der Waals surface area (Å²) in [6, 6.07) is 0.172. The number of hydrogen-bond donors (Lipinski definition) is 2. The fourth-order valence-corrected chi connectivity index (χ4v) is 2.67. The molecule has 0 saturated heterocycles. The molecule has 3 unspecified atom stereocenters. The molecule has 2 N–H and O–H groups in total. The average molecular weight is 239 g/mol. The highest BCUT2D eigenvalue weighted by atomic mass is 16.4. The quantitative estimate of drug-likeness (QED) is 0.738. The number of hydrogen-bond acceptors (Lipinski definition) is 2. The van der Waals surface area contributed by atoms with E-state index in [9.17, 15) is 9.59 Å². The predicted molar refractivity (Wildman–Crippen MR) is 63.4 cm³/mol. The Morgan fingerprint density at radius 1 is 1.18 bits per heavy atom. The molecule has 0 heterocycles. The van der Waals surface area contributed by atoms with Gasteiger partial charge in [0.2, 0.25) is 5.91 Å². The number of carbonyl (C=O) groups excluding carboxylic acids is 1. The van der Waals surface area contributed by atoms with Gasteiger partial charge in [0.1, 0.15) is 5.41 Å². The molecule has 0 spiro atoms. The minimum absolute atomic E-state index is 0.172. The summed E-state index contributed by atoms with van der Waals surface area (Å²) in [5, 5.41) is 12.0. The Morgan fingerprint density at radius 2 is 1.82 bits per heavy atom. The first-order valence-corrected chi connectivity index (χ1v) is 6.50. The van der Waals surface area contributed by atoms with Crippen molar-refractivity contribution >= 4 is 11.9 Å². The van der Waals surface area contributed by atoms with E-state index in [-0.39, 0.29) is 11.9 Å². The third kappa shape index (κ3) is 2.31. The first kappa shape index (κ1) is 12.4. The zero-order valence-electron chi connectivity index (χ0n) is 10.5. The highest BCUT2D eigenvalue weighted by Crippen LogP contribution is 2.46. The molecular weight excluding hydrogens is 218 g/mol. The molecule has 0 aromatic heterocycles. The van der Waals surface area contributed by atoms with Gasteiger partial charge in [0, 0.05) is 6.04 Å². The molecule has 1 amide bonds. The van der Waals surface area contributed by atoms with Crippen LogP contribution >= 0.6 is 0 Å². The molecule has 4 heteroatoms. The van der Waals surface area contributed by atoms with Crippen LogP contribution in [0.4, 0.5) is 0 Å². The van der Waals surface area contributed by atoms with Crippen LogP contribution in [0.25, 0.3) is 0 Å². The summed E-state index contributed by atoms with van der Waals surface area (Å²) in [6.07, 6.45) is 4.06. The molecule has 0 radical (unpaired) electrons. The number of amides is 1. The molecule has 17 heavy (non-hydrogen) atoms. The van der Waals surface area contributed by atoms with Crippen LogP contribution in [0.1, 0.15) is 46.0 Å². The molecule has 0 aromatic carbocycles. The Morgan fingerprint density at radius 3 is 2.29 bits per heavy atom. The number of rotatable bonds is 3. The SMILES string of the molecule is CC1CCC(NC(=O)C2(C(=O)O)CC2)CC1C. The lowest BCUT2D eigenvalue weighted by atomic mass is 9.79.